The van der Waals surface area contributed by atoms with E-state index >= 15 is 0 Å². The topological polar surface area (TPSA) is 82.5 Å². The van der Waals surface area contributed by atoms with Crippen LogP contribution in [-0.4, -0.2) is 27.7 Å². The Hall–Kier alpha value is -2.91. The number of carbonyl (C=O) groups excluding carboxylic acids is 1. The molecule has 0 unspecified atom stereocenters. The average Bonchev–Trinajstić information content (AvgIpc) is 2.46. The Balaban J connectivity index is 2.17. The smallest absolute Gasteiger partial charge is 0.257 e. The van der Waals surface area contributed by atoms with E-state index in [1.807, 2.05) is 0 Å². The molecule has 0 aliphatic carbocycles. The average molecular weight is 286 g/mol. The number of aromatic hydroxyl groups is 1. The molecule has 2 rings (SSSR count). The van der Waals surface area contributed by atoms with Gasteiger partial charge in [0.2, 0.25) is 0 Å². The summed E-state index contributed by atoms with van der Waals surface area (Å²) in [6.45, 7) is -0.359. The minimum atomic E-state index is -0.609. The Labute approximate surface area is 120 Å². The summed E-state index contributed by atoms with van der Waals surface area (Å²) in [4.78, 5) is 15.6. The standard InChI is InChI=1S/C15H11FN2O3/c16-14-7-12(4-3-10(14)2-1-5-19)18-15(21)11-6-13(20)9-17-8-11/h3-4,6-9,19-20H,5H2,(H,18,21). The number of aromatic nitrogens is 1. The van der Waals surface area contributed by atoms with Crippen LogP contribution >= 0.6 is 0 Å². The van der Waals surface area contributed by atoms with Crippen molar-refractivity contribution in [3.8, 4) is 17.6 Å². The Morgan fingerprint density at radius 2 is 2.14 bits per heavy atom. The van der Waals surface area contributed by atoms with Crippen molar-refractivity contribution in [1.82, 2.24) is 4.98 Å². The SMILES string of the molecule is O=C(Nc1ccc(C#CCO)c(F)c1)c1cncc(O)c1. The van der Waals surface area contributed by atoms with Gasteiger partial charge in [0.05, 0.1) is 17.3 Å². The van der Waals surface area contributed by atoms with Gasteiger partial charge in [-0.15, -0.1) is 0 Å². The van der Waals surface area contributed by atoms with Gasteiger partial charge < -0.3 is 15.5 Å². The second-order valence-corrected chi connectivity index (χ2v) is 4.04. The number of aliphatic hydroxyl groups excluding tert-OH is 1. The zero-order chi connectivity index (χ0) is 15.2. The largest absolute Gasteiger partial charge is 0.506 e. The Morgan fingerprint density at radius 1 is 1.33 bits per heavy atom. The highest BCUT2D eigenvalue weighted by molar-refractivity contribution is 6.04. The van der Waals surface area contributed by atoms with E-state index in [1.165, 1.54) is 30.6 Å². The first-order valence-electron chi connectivity index (χ1n) is 5.95. The number of amides is 1. The van der Waals surface area contributed by atoms with Crippen molar-refractivity contribution in [2.75, 3.05) is 11.9 Å². The van der Waals surface area contributed by atoms with Crippen molar-refractivity contribution in [2.45, 2.75) is 0 Å². The summed E-state index contributed by atoms with van der Waals surface area (Å²) in [5, 5.41) is 20.3. The maximum Gasteiger partial charge on any atom is 0.257 e. The molecule has 0 radical (unpaired) electrons. The Morgan fingerprint density at radius 3 is 2.81 bits per heavy atom. The van der Waals surface area contributed by atoms with E-state index in [1.54, 1.807) is 0 Å². The molecule has 106 valence electrons. The molecule has 0 aliphatic rings. The number of aliphatic hydroxyl groups is 1. The molecule has 0 bridgehead atoms. The lowest BCUT2D eigenvalue weighted by Crippen LogP contribution is -2.12. The van der Waals surface area contributed by atoms with Crippen LogP contribution in [0, 0.1) is 17.7 Å². The second kappa shape index (κ2) is 6.50. The number of nitrogens with one attached hydrogen (secondary N) is 1. The summed E-state index contributed by atoms with van der Waals surface area (Å²) in [5.74, 6) is 3.53. The van der Waals surface area contributed by atoms with E-state index in [4.69, 9.17) is 5.11 Å². The normalized spacial score (nSPS) is 9.62. The molecule has 1 aromatic carbocycles. The van der Waals surface area contributed by atoms with E-state index in [9.17, 15) is 14.3 Å². The van der Waals surface area contributed by atoms with E-state index in [0.29, 0.717) is 0 Å². The molecule has 1 heterocycles. The first kappa shape index (κ1) is 14.5. The van der Waals surface area contributed by atoms with Crippen LogP contribution in [0.1, 0.15) is 15.9 Å². The van der Waals surface area contributed by atoms with Gasteiger partial charge >= 0.3 is 0 Å². The fourth-order valence-electron chi connectivity index (χ4n) is 1.58. The number of hydrogen-bond acceptors (Lipinski definition) is 4. The third-order valence-electron chi connectivity index (χ3n) is 2.52. The number of anilines is 1. The molecule has 2 aromatic rings. The van der Waals surface area contributed by atoms with Crippen molar-refractivity contribution in [1.29, 1.82) is 0 Å². The summed E-state index contributed by atoms with van der Waals surface area (Å²) in [5.41, 5.74) is 0.524. The highest BCUT2D eigenvalue weighted by Gasteiger charge is 2.09. The fourth-order valence-corrected chi connectivity index (χ4v) is 1.58. The number of carbonyl (C=O) groups is 1. The number of nitrogens with zero attached hydrogens (tertiary/aromatic N) is 1. The van der Waals surface area contributed by atoms with Crippen LogP contribution in [0.5, 0.6) is 5.75 Å². The predicted octanol–water partition coefficient (Wildman–Crippen LogP) is 1.52. The van der Waals surface area contributed by atoms with Gasteiger partial charge in [0.25, 0.3) is 5.91 Å². The lowest BCUT2D eigenvalue weighted by atomic mass is 10.2. The van der Waals surface area contributed by atoms with Crippen molar-refractivity contribution in [2.24, 2.45) is 0 Å². The van der Waals surface area contributed by atoms with E-state index < -0.39 is 11.7 Å². The molecule has 0 saturated carbocycles. The van der Waals surface area contributed by atoms with E-state index in [0.717, 1.165) is 6.07 Å². The predicted molar refractivity (Wildman–Crippen MR) is 74.2 cm³/mol. The zero-order valence-electron chi connectivity index (χ0n) is 10.8. The highest BCUT2D eigenvalue weighted by atomic mass is 19.1. The molecule has 0 aliphatic heterocycles. The van der Waals surface area contributed by atoms with Crippen LogP contribution in [0.4, 0.5) is 10.1 Å². The summed E-state index contributed by atoms with van der Waals surface area (Å²) in [6, 6.07) is 5.25. The van der Waals surface area contributed by atoms with Crippen LogP contribution in [0.15, 0.2) is 36.7 Å². The third-order valence-corrected chi connectivity index (χ3v) is 2.52. The third kappa shape index (κ3) is 3.78. The zero-order valence-corrected chi connectivity index (χ0v) is 10.8. The van der Waals surface area contributed by atoms with Crippen molar-refractivity contribution in [3.05, 3.63) is 53.6 Å². The van der Waals surface area contributed by atoms with E-state index in [-0.39, 0.29) is 29.2 Å². The molecule has 1 amide bonds. The molecule has 0 saturated heterocycles. The van der Waals surface area contributed by atoms with Crippen molar-refractivity contribution < 1.29 is 19.4 Å². The number of hydrogen-bond donors (Lipinski definition) is 3. The van der Waals surface area contributed by atoms with Gasteiger partial charge in [-0.05, 0) is 24.3 Å². The second-order valence-electron chi connectivity index (χ2n) is 4.04. The molecule has 6 heteroatoms. The summed E-state index contributed by atoms with van der Waals surface area (Å²) >= 11 is 0. The molecular formula is C15H11FN2O3. The van der Waals surface area contributed by atoms with Crippen LogP contribution in [0.2, 0.25) is 0 Å². The van der Waals surface area contributed by atoms with E-state index in [2.05, 4.69) is 22.1 Å². The molecule has 3 N–H and O–H groups in total. The molecular weight excluding hydrogens is 275 g/mol. The maximum atomic E-state index is 13.7. The van der Waals surface area contributed by atoms with Gasteiger partial charge in [0, 0.05) is 11.9 Å². The number of benzene rings is 1. The van der Waals surface area contributed by atoms with Crippen LogP contribution in [0.3, 0.4) is 0 Å². The molecule has 1 aromatic heterocycles. The minimum absolute atomic E-state index is 0.126. The van der Waals surface area contributed by atoms with Crippen molar-refractivity contribution >= 4 is 11.6 Å². The summed E-state index contributed by atoms with van der Waals surface area (Å²) in [7, 11) is 0. The monoisotopic (exact) mass is 286 g/mol. The van der Waals surface area contributed by atoms with Crippen molar-refractivity contribution in [3.63, 3.8) is 0 Å². The van der Waals surface area contributed by atoms with Gasteiger partial charge in [-0.1, -0.05) is 11.8 Å². The van der Waals surface area contributed by atoms with Crippen LogP contribution < -0.4 is 5.32 Å². The quantitative estimate of drug-likeness (QED) is 0.731. The summed E-state index contributed by atoms with van der Waals surface area (Å²) in [6.07, 6.45) is 2.48. The van der Waals surface area contributed by atoms with Crippen LogP contribution in [0.25, 0.3) is 0 Å². The first-order valence-corrected chi connectivity index (χ1v) is 5.95. The molecule has 0 spiro atoms. The Kier molecular flexibility index (Phi) is 4.49. The Bertz CT molecular complexity index is 735. The lowest BCUT2D eigenvalue weighted by molar-refractivity contribution is 0.102. The lowest BCUT2D eigenvalue weighted by Gasteiger charge is -2.06. The van der Waals surface area contributed by atoms with Crippen LogP contribution in [-0.2, 0) is 0 Å². The molecule has 0 fully saturated rings. The number of halogens is 1. The summed E-state index contributed by atoms with van der Waals surface area (Å²) < 4.78 is 13.7. The number of rotatable bonds is 2. The molecule has 5 nitrogen and oxygen atoms in total. The maximum absolute atomic E-state index is 13.7. The minimum Gasteiger partial charge on any atom is -0.506 e. The van der Waals surface area contributed by atoms with Gasteiger partial charge in [-0.3, -0.25) is 9.78 Å². The fraction of sp³-hybridized carbons (Fsp3) is 0.0667. The number of pyridine rings is 1. The van der Waals surface area contributed by atoms with Gasteiger partial charge in [0.1, 0.15) is 18.2 Å². The van der Waals surface area contributed by atoms with Gasteiger partial charge in [0.15, 0.2) is 0 Å². The van der Waals surface area contributed by atoms with Gasteiger partial charge in [-0.25, -0.2) is 4.39 Å². The molecule has 0 atom stereocenters. The molecule has 21 heavy (non-hydrogen) atoms. The first-order chi connectivity index (χ1) is 10.1. The van der Waals surface area contributed by atoms with Gasteiger partial charge in [-0.2, -0.15) is 0 Å². The highest BCUT2D eigenvalue weighted by Crippen LogP contribution is 2.16.